The molecule has 5 heteroatoms. The van der Waals surface area contributed by atoms with E-state index in [-0.39, 0.29) is 0 Å². The van der Waals surface area contributed by atoms with Crippen molar-refractivity contribution >= 4 is 5.97 Å². The van der Waals surface area contributed by atoms with Gasteiger partial charge in [-0.3, -0.25) is 0 Å². The lowest BCUT2D eigenvalue weighted by atomic mass is 10.2. The van der Waals surface area contributed by atoms with Crippen LogP contribution in [0.15, 0.2) is 0 Å². The first-order chi connectivity index (χ1) is 4.09. The fourth-order valence-corrected chi connectivity index (χ4v) is 0.274. The van der Waals surface area contributed by atoms with E-state index in [2.05, 4.69) is 5.73 Å². The minimum absolute atomic E-state index is 0.604. The summed E-state index contributed by atoms with van der Waals surface area (Å²) in [5, 5.41) is 7.81. The number of carboxylic acids is 1. The van der Waals surface area contributed by atoms with Gasteiger partial charge in [-0.1, -0.05) is 0 Å². The zero-order chi connectivity index (χ0) is 7.44. The van der Waals surface area contributed by atoms with Gasteiger partial charge in [-0.05, 0) is 0 Å². The standard InChI is InChI=1S/C4H7F2NO2/c5-2(1-7)3(6)4(8)9/h2-3H,1,7H2,(H,8,9)/t2-,3-/m0/s1. The average molecular weight is 139 g/mol. The second-order valence-corrected chi connectivity index (χ2v) is 1.49. The van der Waals surface area contributed by atoms with Crippen molar-refractivity contribution in [1.29, 1.82) is 0 Å². The third-order valence-electron chi connectivity index (χ3n) is 0.779. The van der Waals surface area contributed by atoms with E-state index < -0.39 is 24.9 Å². The smallest absolute Gasteiger partial charge is 0.341 e. The Kier molecular flexibility index (Phi) is 3.08. The lowest BCUT2D eigenvalue weighted by Gasteiger charge is -2.04. The molecule has 54 valence electrons. The van der Waals surface area contributed by atoms with Gasteiger partial charge < -0.3 is 10.8 Å². The van der Waals surface area contributed by atoms with Crippen LogP contribution in [0, 0.1) is 0 Å². The number of carboxylic acid groups (broad SMARTS) is 1. The van der Waals surface area contributed by atoms with Gasteiger partial charge in [0.1, 0.15) is 0 Å². The van der Waals surface area contributed by atoms with Gasteiger partial charge in [0.15, 0.2) is 6.17 Å². The topological polar surface area (TPSA) is 63.3 Å². The van der Waals surface area contributed by atoms with Crippen molar-refractivity contribution in [3.8, 4) is 0 Å². The van der Waals surface area contributed by atoms with Crippen molar-refractivity contribution in [1.82, 2.24) is 0 Å². The van der Waals surface area contributed by atoms with Crippen LogP contribution in [-0.4, -0.2) is 30.0 Å². The predicted octanol–water partition coefficient (Wildman–Crippen LogP) is -0.294. The highest BCUT2D eigenvalue weighted by atomic mass is 19.2. The largest absolute Gasteiger partial charge is 0.479 e. The van der Waals surface area contributed by atoms with Crippen molar-refractivity contribution in [3.63, 3.8) is 0 Å². The summed E-state index contributed by atoms with van der Waals surface area (Å²) in [5.41, 5.74) is 4.63. The molecule has 0 amide bonds. The molecule has 0 rings (SSSR count). The maximum absolute atomic E-state index is 11.9. The van der Waals surface area contributed by atoms with Gasteiger partial charge >= 0.3 is 5.97 Å². The molecule has 0 aromatic carbocycles. The van der Waals surface area contributed by atoms with E-state index in [4.69, 9.17) is 5.11 Å². The molecule has 0 unspecified atom stereocenters. The first-order valence-corrected chi connectivity index (χ1v) is 2.30. The molecule has 0 radical (unpaired) electrons. The van der Waals surface area contributed by atoms with Crippen molar-refractivity contribution in [2.24, 2.45) is 5.73 Å². The fraction of sp³-hybridized carbons (Fsp3) is 0.750. The Morgan fingerprint density at radius 2 is 2.11 bits per heavy atom. The molecule has 0 fully saturated rings. The molecule has 3 N–H and O–H groups in total. The van der Waals surface area contributed by atoms with Crippen LogP contribution in [-0.2, 0) is 4.79 Å². The third-order valence-corrected chi connectivity index (χ3v) is 0.779. The van der Waals surface area contributed by atoms with Gasteiger partial charge in [0.2, 0.25) is 6.17 Å². The summed E-state index contributed by atoms with van der Waals surface area (Å²) in [4.78, 5) is 9.63. The molecule has 0 aliphatic carbocycles. The van der Waals surface area contributed by atoms with Crippen LogP contribution in [0.4, 0.5) is 8.78 Å². The van der Waals surface area contributed by atoms with Crippen LogP contribution in [0.2, 0.25) is 0 Å². The maximum Gasteiger partial charge on any atom is 0.341 e. The number of aliphatic carboxylic acids is 1. The summed E-state index contributed by atoms with van der Waals surface area (Å²) >= 11 is 0. The van der Waals surface area contributed by atoms with Gasteiger partial charge in [-0.2, -0.15) is 0 Å². The van der Waals surface area contributed by atoms with Crippen molar-refractivity contribution in [2.45, 2.75) is 12.3 Å². The molecule has 0 aromatic heterocycles. The Morgan fingerprint density at radius 1 is 1.67 bits per heavy atom. The highest BCUT2D eigenvalue weighted by Crippen LogP contribution is 2.01. The summed E-state index contributed by atoms with van der Waals surface area (Å²) in [6, 6.07) is 0. The lowest BCUT2D eigenvalue weighted by Crippen LogP contribution is -2.32. The van der Waals surface area contributed by atoms with E-state index in [1.165, 1.54) is 0 Å². The molecule has 3 nitrogen and oxygen atoms in total. The highest BCUT2D eigenvalue weighted by Gasteiger charge is 2.25. The van der Waals surface area contributed by atoms with Crippen LogP contribution >= 0.6 is 0 Å². The third kappa shape index (κ3) is 2.36. The van der Waals surface area contributed by atoms with Crippen LogP contribution in [0.1, 0.15) is 0 Å². The van der Waals surface area contributed by atoms with E-state index in [0.717, 1.165) is 0 Å². The monoisotopic (exact) mass is 139 g/mol. The molecule has 0 bridgehead atoms. The Bertz CT molecular complexity index is 109. The average Bonchev–Trinajstić information content (AvgIpc) is 1.84. The Labute approximate surface area is 50.5 Å². The van der Waals surface area contributed by atoms with Crippen LogP contribution < -0.4 is 5.73 Å². The number of hydrogen-bond donors (Lipinski definition) is 2. The summed E-state index contributed by atoms with van der Waals surface area (Å²) in [6.07, 6.45) is -4.59. The maximum atomic E-state index is 11.9. The van der Waals surface area contributed by atoms with Crippen LogP contribution in [0.3, 0.4) is 0 Å². The van der Waals surface area contributed by atoms with E-state index in [1.807, 2.05) is 0 Å². The SMILES string of the molecule is NC[C@H](F)[C@H](F)C(=O)O. The summed E-state index contributed by atoms with van der Waals surface area (Å²) in [7, 11) is 0. The van der Waals surface area contributed by atoms with Crippen LogP contribution in [0.25, 0.3) is 0 Å². The number of carbonyl (C=O) groups is 1. The Hall–Kier alpha value is -0.710. The van der Waals surface area contributed by atoms with E-state index >= 15 is 0 Å². The molecule has 0 aliphatic rings. The molecule has 0 aromatic rings. The quantitative estimate of drug-likeness (QED) is 0.564. The predicted molar refractivity (Wildman–Crippen MR) is 26.5 cm³/mol. The molecule has 0 spiro atoms. The van der Waals surface area contributed by atoms with Crippen molar-refractivity contribution in [3.05, 3.63) is 0 Å². The Morgan fingerprint density at radius 3 is 2.22 bits per heavy atom. The first kappa shape index (κ1) is 8.29. The molecular weight excluding hydrogens is 132 g/mol. The number of alkyl halides is 2. The summed E-state index contributed by atoms with van der Waals surface area (Å²) in [5.74, 6) is -1.81. The molecule has 0 heterocycles. The molecule has 9 heavy (non-hydrogen) atoms. The number of nitrogens with two attached hydrogens (primary N) is 1. The van der Waals surface area contributed by atoms with Gasteiger partial charge in [-0.25, -0.2) is 13.6 Å². The molecular formula is C4H7F2NO2. The molecule has 0 saturated carbocycles. The first-order valence-electron chi connectivity index (χ1n) is 2.30. The number of rotatable bonds is 3. The van der Waals surface area contributed by atoms with E-state index in [9.17, 15) is 13.6 Å². The zero-order valence-electron chi connectivity index (χ0n) is 4.55. The normalized spacial score (nSPS) is 16.8. The van der Waals surface area contributed by atoms with Gasteiger partial charge in [0.05, 0.1) is 0 Å². The minimum atomic E-state index is -2.49. The van der Waals surface area contributed by atoms with Gasteiger partial charge in [0, 0.05) is 6.54 Å². The lowest BCUT2D eigenvalue weighted by molar-refractivity contribution is -0.145. The summed E-state index contributed by atoms with van der Waals surface area (Å²) < 4.78 is 23.8. The highest BCUT2D eigenvalue weighted by molar-refractivity contribution is 5.72. The van der Waals surface area contributed by atoms with E-state index in [0.29, 0.717) is 0 Å². The second-order valence-electron chi connectivity index (χ2n) is 1.49. The Balaban J connectivity index is 3.72. The van der Waals surface area contributed by atoms with Gasteiger partial charge in [0.25, 0.3) is 0 Å². The number of hydrogen-bond acceptors (Lipinski definition) is 2. The molecule has 0 saturated heterocycles. The zero-order valence-corrected chi connectivity index (χ0v) is 4.55. The van der Waals surface area contributed by atoms with E-state index in [1.54, 1.807) is 0 Å². The summed E-state index contributed by atoms with van der Waals surface area (Å²) in [6.45, 7) is -0.604. The fourth-order valence-electron chi connectivity index (χ4n) is 0.274. The van der Waals surface area contributed by atoms with Crippen molar-refractivity contribution < 1.29 is 18.7 Å². The van der Waals surface area contributed by atoms with Crippen molar-refractivity contribution in [2.75, 3.05) is 6.54 Å². The van der Waals surface area contributed by atoms with Gasteiger partial charge in [-0.15, -0.1) is 0 Å². The molecule has 2 atom stereocenters. The molecule has 0 aliphatic heterocycles. The minimum Gasteiger partial charge on any atom is -0.479 e. The van der Waals surface area contributed by atoms with Crippen LogP contribution in [0.5, 0.6) is 0 Å². The second kappa shape index (κ2) is 3.34. The number of halogens is 2.